The first kappa shape index (κ1) is 90.0. The molecule has 5 aromatic rings. The van der Waals surface area contributed by atoms with Gasteiger partial charge in [-0.05, 0) is 120 Å². The fraction of sp³-hybridized carbons (Fsp3) is 0.500. The number of benzene rings is 5. The van der Waals surface area contributed by atoms with Crippen LogP contribution in [0.25, 0.3) is 5.57 Å². The van der Waals surface area contributed by atoms with Crippen molar-refractivity contribution in [2.75, 3.05) is 72.7 Å². The molecule has 2 aliphatic heterocycles. The van der Waals surface area contributed by atoms with E-state index in [1.165, 1.54) is 0 Å². The molecule has 522 valence electrons. The van der Waals surface area contributed by atoms with Crippen LogP contribution < -0.4 is 51.6 Å². The second-order valence-electron chi connectivity index (χ2n) is 22.3. The first-order chi connectivity index (χ1) is 45.7. The van der Waals surface area contributed by atoms with Crippen molar-refractivity contribution < 1.29 is 135 Å². The summed E-state index contributed by atoms with van der Waals surface area (Å²) in [5.74, 6) is -2.63. The van der Waals surface area contributed by atoms with Crippen LogP contribution in [0, 0.1) is 23.8 Å². The minimum Gasteiger partial charge on any atom is -1.00 e. The minimum atomic E-state index is -1.11. The molecule has 21 heteroatoms. The zero-order valence-electron chi connectivity index (χ0n) is 58.8. The number of carbonyl (C=O) groups is 6. The number of rotatable bonds is 17. The second kappa shape index (κ2) is 52.0. The Morgan fingerprint density at radius 3 is 1.35 bits per heavy atom. The molecule has 0 radical (unpaired) electrons. The van der Waals surface area contributed by atoms with Crippen LogP contribution in [0.1, 0.15) is 161 Å². The van der Waals surface area contributed by atoms with Gasteiger partial charge in [0, 0.05) is 44.1 Å². The molecule has 11 rings (SSSR count). The molecule has 3 N–H and O–H groups in total. The first-order valence-electron chi connectivity index (χ1n) is 33.3. The summed E-state index contributed by atoms with van der Waals surface area (Å²) in [4.78, 5) is 67.5. The van der Waals surface area contributed by atoms with Crippen molar-refractivity contribution in [3.8, 4) is 0 Å². The summed E-state index contributed by atoms with van der Waals surface area (Å²) < 4.78 is 42.4. The number of unbranched alkanes of at least 4 members (excludes halogenated alkanes) is 1. The molecule has 2 saturated heterocycles. The van der Waals surface area contributed by atoms with Gasteiger partial charge in [-0.2, -0.15) is 36.4 Å². The van der Waals surface area contributed by atoms with Crippen molar-refractivity contribution in [1.29, 1.82) is 0 Å². The monoisotopic (exact) mass is 1430 g/mol. The average Bonchev–Trinajstić information content (AvgIpc) is 1.48. The van der Waals surface area contributed by atoms with Gasteiger partial charge in [0.2, 0.25) is 0 Å². The summed E-state index contributed by atoms with van der Waals surface area (Å²) in [5.41, 5.74) is 5.08. The predicted octanol–water partition coefficient (Wildman–Crippen LogP) is 4.96. The van der Waals surface area contributed by atoms with Gasteiger partial charge in [-0.15, -0.1) is 6.61 Å². The van der Waals surface area contributed by atoms with Crippen molar-refractivity contribution in [3.05, 3.63) is 186 Å². The number of carbonyl (C=O) groups excluding carboxylic acids is 6. The van der Waals surface area contributed by atoms with E-state index in [-0.39, 0.29) is 132 Å². The van der Waals surface area contributed by atoms with Crippen LogP contribution >= 0.6 is 0 Å². The van der Waals surface area contributed by atoms with Gasteiger partial charge in [-0.1, -0.05) is 128 Å². The van der Waals surface area contributed by atoms with Crippen molar-refractivity contribution in [2.24, 2.45) is 17.8 Å². The Morgan fingerprint density at radius 1 is 0.557 bits per heavy atom. The van der Waals surface area contributed by atoms with Crippen LogP contribution in [0.3, 0.4) is 0 Å². The molecule has 6 aliphatic rings. The molecule has 4 saturated carbocycles. The largest absolute Gasteiger partial charge is 2.00 e. The van der Waals surface area contributed by atoms with Gasteiger partial charge in [0.25, 0.3) is 0 Å². The molecule has 3 unspecified atom stereocenters. The van der Waals surface area contributed by atoms with Crippen LogP contribution in [0.5, 0.6) is 0 Å². The van der Waals surface area contributed by atoms with Crippen molar-refractivity contribution in [1.82, 2.24) is 0 Å². The summed E-state index contributed by atoms with van der Waals surface area (Å²) in [6, 6.07) is 52.8. The molecule has 97 heavy (non-hydrogen) atoms. The molecule has 3 atom stereocenters. The molecule has 0 amide bonds. The maximum atomic E-state index is 12.1. The van der Waals surface area contributed by atoms with Crippen molar-refractivity contribution in [2.45, 2.75) is 155 Å². The Balaban J connectivity index is 0.00000115. The third-order valence-corrected chi connectivity index (χ3v) is 16.0. The number of ether oxygens (including phenoxy) is 8. The maximum absolute atomic E-state index is 12.1. The summed E-state index contributed by atoms with van der Waals surface area (Å²) in [7, 11) is 0. The van der Waals surface area contributed by atoms with E-state index in [1.807, 2.05) is 134 Å². The summed E-state index contributed by atoms with van der Waals surface area (Å²) in [6.07, 6.45) is 12.1. The average molecular weight is 1430 g/mol. The number of aliphatic hydroxyl groups excluding tert-OH is 2. The van der Waals surface area contributed by atoms with Crippen molar-refractivity contribution in [3.63, 3.8) is 0 Å². The van der Waals surface area contributed by atoms with Gasteiger partial charge in [0.05, 0.1) is 72.0 Å². The molecular formula is C76H101BrMgNaO18+. The fourth-order valence-electron chi connectivity index (χ4n) is 11.9. The van der Waals surface area contributed by atoms with E-state index in [2.05, 4.69) is 30.3 Å². The number of allylic oxidation sites excluding steroid dienone is 1. The Labute approximate surface area is 624 Å². The van der Waals surface area contributed by atoms with Gasteiger partial charge in [-0.25, -0.2) is 0 Å². The quantitative estimate of drug-likeness (QED) is 0.0211. The Morgan fingerprint density at radius 2 is 0.969 bits per heavy atom. The van der Waals surface area contributed by atoms with Crippen LogP contribution in [0.2, 0.25) is 0 Å². The van der Waals surface area contributed by atoms with Gasteiger partial charge in [-0.3, -0.25) is 28.8 Å². The number of ketones is 2. The van der Waals surface area contributed by atoms with E-state index in [0.29, 0.717) is 104 Å². The van der Waals surface area contributed by atoms with Crippen LogP contribution in [-0.4, -0.2) is 158 Å². The SMILES string of the molecule is CCOC(=O)C1CCCC12OCCO2.CCOC(=O)C1CCCC1=O.CCOC(=O)CCCCC(=O)OCC.CC[O-].O=C1CCCC1=C(c1ccccc1)c1ccccc1.OC(c1ccccc1)(c1ccccc1)C1CCCC12OCCO2.OCCO.[Br-].[H+].[Mg+2].[Na+].[c-]1ccccc1. The fourth-order valence-corrected chi connectivity index (χ4v) is 11.9. The number of aliphatic hydroxyl groups is 3. The first-order valence-corrected chi connectivity index (χ1v) is 33.3. The van der Waals surface area contributed by atoms with E-state index in [9.17, 15) is 33.9 Å². The van der Waals surface area contributed by atoms with Crippen molar-refractivity contribution >= 4 is 64.1 Å². The van der Waals surface area contributed by atoms with Crippen LogP contribution in [0.4, 0.5) is 0 Å². The van der Waals surface area contributed by atoms with E-state index < -0.39 is 23.1 Å². The number of halogens is 1. The standard InChI is InChI=1S/C20H22O3.C18H16O.C10H16O4.C10H18O4.C8H12O3.C6H5.C2H6O2.C2H5O.BrH.Mg.Na/c21-20(16-8-3-1-4-9-16,17-10-5-2-6-11-17)18-12-7-13-19(18)22-14-15-23-19;19-17-13-7-12-16(17)18(14-8-3-1-4-9-14)15-10-5-2-6-11-15;1-2-12-9(11)8-4-3-5-10(8)13-6-7-14-10;1-3-13-9(11)7-5-6-8-10(12)14-4-2;1-2-11-8(10)6-4-3-5-7(6)9;1-2-4-6-5-3-1;3-1-2-4;1-2-3;;;/h1-6,8-11,18,21H,7,12-15H2;1-6,8-11H,7,12-13H2;8H,2-7H2,1H3;3-8H2,1-2H3;6H,2-5H2,1H3;1-5H;3-4H,1-2H2;2H2,1H3;1H;;/q;;;;;-1;;-1;;+2;+1. The number of Topliss-reactive ketones (excluding diaryl/α,β-unsaturated/α-hetero) is 2. The minimum absolute atomic E-state index is 0. The molecule has 2 spiro atoms. The molecule has 2 heterocycles. The molecule has 6 fully saturated rings. The second-order valence-corrected chi connectivity index (χ2v) is 22.3. The smallest absolute Gasteiger partial charge is 1.00 e. The maximum Gasteiger partial charge on any atom is 2.00 e. The zero-order chi connectivity index (χ0) is 68.3. The number of hydrogen-bond donors (Lipinski definition) is 3. The number of esters is 4. The Kier molecular flexibility index (Phi) is 48.3. The van der Waals surface area contributed by atoms with E-state index in [4.69, 9.17) is 53.2 Å². The van der Waals surface area contributed by atoms with Crippen LogP contribution in [-0.2, 0) is 72.3 Å². The zero-order valence-corrected chi connectivity index (χ0v) is 62.8. The van der Waals surface area contributed by atoms with Crippen LogP contribution in [0.15, 0.2) is 157 Å². The Bertz CT molecular complexity index is 2820. The third-order valence-electron chi connectivity index (χ3n) is 16.0. The molecular weight excluding hydrogens is 1330 g/mol. The third kappa shape index (κ3) is 30.0. The van der Waals surface area contributed by atoms with Gasteiger partial charge in [0.1, 0.15) is 23.2 Å². The predicted molar refractivity (Wildman–Crippen MR) is 362 cm³/mol. The van der Waals surface area contributed by atoms with E-state index >= 15 is 0 Å². The van der Waals surface area contributed by atoms with E-state index in [0.717, 1.165) is 91.2 Å². The van der Waals surface area contributed by atoms with Gasteiger partial charge in [0.15, 0.2) is 17.4 Å². The topological polar surface area (TPSA) is 260 Å². The molecule has 0 aromatic heterocycles. The molecule has 0 bridgehead atoms. The van der Waals surface area contributed by atoms with Gasteiger partial charge >= 0.3 is 77.9 Å². The van der Waals surface area contributed by atoms with E-state index in [1.54, 1.807) is 27.7 Å². The molecule has 18 nitrogen and oxygen atoms in total. The normalized spacial score (nSPS) is 17.8. The molecule has 5 aromatic carbocycles. The van der Waals surface area contributed by atoms with Gasteiger partial charge < -0.3 is 75.3 Å². The summed E-state index contributed by atoms with van der Waals surface area (Å²) >= 11 is 0. The summed E-state index contributed by atoms with van der Waals surface area (Å²) in [6.45, 7) is 12.4. The summed E-state index contributed by atoms with van der Waals surface area (Å²) in [5, 5.41) is 36.1. The number of hydrogen-bond acceptors (Lipinski definition) is 18. The molecule has 4 aliphatic carbocycles. The Hall–Kier alpha value is -5.01.